The van der Waals surface area contributed by atoms with Gasteiger partial charge in [-0.05, 0) is 30.5 Å². The third-order valence-electron chi connectivity index (χ3n) is 4.37. The second kappa shape index (κ2) is 7.81. The van der Waals surface area contributed by atoms with Crippen LogP contribution in [0.25, 0.3) is 0 Å². The van der Waals surface area contributed by atoms with Crippen molar-refractivity contribution in [1.29, 1.82) is 0 Å². The van der Waals surface area contributed by atoms with Gasteiger partial charge in [-0.15, -0.1) is 11.3 Å². The Morgan fingerprint density at radius 1 is 1.31 bits per heavy atom. The summed E-state index contributed by atoms with van der Waals surface area (Å²) in [4.78, 5) is 17.6. The first kappa shape index (κ1) is 18.9. The van der Waals surface area contributed by atoms with Gasteiger partial charge in [0.25, 0.3) is 0 Å². The number of hydrogen-bond donors (Lipinski definition) is 1. The molecular formula is C17H20FN3O3S2. The van der Waals surface area contributed by atoms with Gasteiger partial charge in [0.1, 0.15) is 5.82 Å². The summed E-state index contributed by atoms with van der Waals surface area (Å²) in [5.74, 6) is -0.605. The van der Waals surface area contributed by atoms with Crippen LogP contribution in [-0.2, 0) is 21.2 Å². The molecule has 0 unspecified atom stereocenters. The molecular weight excluding hydrogens is 377 g/mol. The first-order valence-corrected chi connectivity index (χ1v) is 10.9. The number of piperidine rings is 1. The summed E-state index contributed by atoms with van der Waals surface area (Å²) in [5, 5.41) is 3.35. The van der Waals surface area contributed by atoms with Gasteiger partial charge >= 0.3 is 0 Å². The molecule has 1 fully saturated rings. The summed E-state index contributed by atoms with van der Waals surface area (Å²) >= 11 is 1.39. The summed E-state index contributed by atoms with van der Waals surface area (Å²) < 4.78 is 37.4. The van der Waals surface area contributed by atoms with Crippen molar-refractivity contribution in [1.82, 2.24) is 9.29 Å². The number of nitrogens with one attached hydrogen (secondary N) is 1. The highest BCUT2D eigenvalue weighted by molar-refractivity contribution is 7.88. The Morgan fingerprint density at radius 2 is 1.96 bits per heavy atom. The number of sulfonamides is 1. The van der Waals surface area contributed by atoms with E-state index in [1.807, 2.05) is 0 Å². The number of halogens is 1. The molecule has 6 nitrogen and oxygen atoms in total. The minimum Gasteiger partial charge on any atom is -0.302 e. The molecule has 1 aromatic heterocycles. The summed E-state index contributed by atoms with van der Waals surface area (Å²) in [5.41, 5.74) is 0.973. The van der Waals surface area contributed by atoms with Crippen molar-refractivity contribution in [3.63, 3.8) is 0 Å². The molecule has 0 aliphatic carbocycles. The summed E-state index contributed by atoms with van der Waals surface area (Å²) in [6.07, 6.45) is 4.53. The van der Waals surface area contributed by atoms with E-state index in [-0.39, 0.29) is 17.6 Å². The monoisotopic (exact) mass is 397 g/mol. The maximum absolute atomic E-state index is 12.9. The van der Waals surface area contributed by atoms with Crippen molar-refractivity contribution in [3.05, 3.63) is 46.7 Å². The maximum atomic E-state index is 12.9. The van der Waals surface area contributed by atoms with Crippen LogP contribution in [0.1, 0.15) is 23.3 Å². The lowest BCUT2D eigenvalue weighted by molar-refractivity contribution is -0.120. The van der Waals surface area contributed by atoms with Crippen molar-refractivity contribution in [2.45, 2.75) is 19.3 Å². The van der Waals surface area contributed by atoms with Crippen LogP contribution >= 0.6 is 11.3 Å². The van der Waals surface area contributed by atoms with Crippen LogP contribution < -0.4 is 5.32 Å². The minimum atomic E-state index is -3.20. The van der Waals surface area contributed by atoms with E-state index in [1.54, 1.807) is 18.3 Å². The maximum Gasteiger partial charge on any atom is 0.229 e. The molecule has 1 saturated heterocycles. The molecule has 1 aromatic carbocycles. The topological polar surface area (TPSA) is 79.4 Å². The average molecular weight is 397 g/mol. The van der Waals surface area contributed by atoms with Gasteiger partial charge in [-0.1, -0.05) is 12.1 Å². The minimum absolute atomic E-state index is 0.124. The first-order valence-electron chi connectivity index (χ1n) is 8.26. The number of carbonyl (C=O) groups excluding carboxylic acids is 1. The van der Waals surface area contributed by atoms with Crippen molar-refractivity contribution < 1.29 is 17.6 Å². The van der Waals surface area contributed by atoms with Crippen LogP contribution in [0.4, 0.5) is 9.52 Å². The van der Waals surface area contributed by atoms with E-state index < -0.39 is 10.0 Å². The van der Waals surface area contributed by atoms with Gasteiger partial charge < -0.3 is 5.32 Å². The zero-order valence-corrected chi connectivity index (χ0v) is 15.9. The number of aromatic nitrogens is 1. The molecule has 0 bridgehead atoms. The van der Waals surface area contributed by atoms with Gasteiger partial charge in [0, 0.05) is 36.5 Å². The Kier molecular flexibility index (Phi) is 5.69. The number of anilines is 1. The Bertz CT molecular complexity index is 873. The van der Waals surface area contributed by atoms with Gasteiger partial charge in [-0.3, -0.25) is 4.79 Å². The molecule has 26 heavy (non-hydrogen) atoms. The van der Waals surface area contributed by atoms with Crippen LogP contribution in [0.5, 0.6) is 0 Å². The van der Waals surface area contributed by atoms with E-state index in [0.29, 0.717) is 37.5 Å². The fourth-order valence-corrected chi connectivity index (χ4v) is 4.63. The second-order valence-corrected chi connectivity index (χ2v) is 9.46. The molecule has 0 saturated carbocycles. The van der Waals surface area contributed by atoms with E-state index >= 15 is 0 Å². The number of nitrogens with zero attached hydrogens (tertiary/aromatic N) is 2. The van der Waals surface area contributed by atoms with Crippen LogP contribution in [0.3, 0.4) is 0 Å². The molecule has 3 rings (SSSR count). The summed E-state index contributed by atoms with van der Waals surface area (Å²) in [7, 11) is -3.20. The number of carbonyl (C=O) groups is 1. The van der Waals surface area contributed by atoms with E-state index in [0.717, 1.165) is 10.4 Å². The van der Waals surface area contributed by atoms with Crippen molar-refractivity contribution in [2.75, 3.05) is 24.7 Å². The van der Waals surface area contributed by atoms with Gasteiger partial charge in [0.15, 0.2) is 5.13 Å². The molecule has 2 heterocycles. The highest BCUT2D eigenvalue weighted by Crippen LogP contribution is 2.24. The van der Waals surface area contributed by atoms with E-state index in [1.165, 1.54) is 34.0 Å². The lowest BCUT2D eigenvalue weighted by atomic mass is 9.97. The van der Waals surface area contributed by atoms with Crippen molar-refractivity contribution in [2.24, 2.45) is 5.92 Å². The average Bonchev–Trinajstić information content (AvgIpc) is 3.03. The molecule has 0 spiro atoms. The van der Waals surface area contributed by atoms with Gasteiger partial charge in [-0.25, -0.2) is 22.1 Å². The van der Waals surface area contributed by atoms with Crippen LogP contribution in [0.15, 0.2) is 30.5 Å². The molecule has 140 valence electrons. The van der Waals surface area contributed by atoms with E-state index in [4.69, 9.17) is 0 Å². The molecule has 1 aliphatic rings. The predicted octanol–water partition coefficient (Wildman–Crippen LogP) is 2.48. The van der Waals surface area contributed by atoms with Crippen LogP contribution in [0, 0.1) is 11.7 Å². The standard InChI is InChI=1S/C17H20FN3O3S2/c1-26(23,24)21-8-6-13(7-9-21)16(22)20-17-19-11-15(25-17)10-12-2-4-14(18)5-3-12/h2-5,11,13H,6-10H2,1H3,(H,19,20,22). The van der Waals surface area contributed by atoms with Crippen molar-refractivity contribution >= 4 is 32.4 Å². The van der Waals surface area contributed by atoms with E-state index in [2.05, 4.69) is 10.3 Å². The van der Waals surface area contributed by atoms with Crippen molar-refractivity contribution in [3.8, 4) is 0 Å². The first-order chi connectivity index (χ1) is 12.3. The number of hydrogen-bond acceptors (Lipinski definition) is 5. The van der Waals surface area contributed by atoms with Crippen LogP contribution in [0.2, 0.25) is 0 Å². The highest BCUT2D eigenvalue weighted by atomic mass is 32.2. The quantitative estimate of drug-likeness (QED) is 0.841. The molecule has 0 atom stereocenters. The Morgan fingerprint density at radius 3 is 2.58 bits per heavy atom. The molecule has 1 amide bonds. The van der Waals surface area contributed by atoms with Gasteiger partial charge in [0.05, 0.1) is 6.26 Å². The molecule has 1 N–H and O–H groups in total. The lowest BCUT2D eigenvalue weighted by Crippen LogP contribution is -2.40. The summed E-state index contributed by atoms with van der Waals surface area (Å²) in [6.45, 7) is 0.731. The number of benzene rings is 1. The van der Waals surface area contributed by atoms with Gasteiger partial charge in [-0.2, -0.15) is 0 Å². The highest BCUT2D eigenvalue weighted by Gasteiger charge is 2.29. The summed E-state index contributed by atoms with van der Waals surface area (Å²) in [6, 6.07) is 6.29. The molecule has 2 aromatic rings. The second-order valence-electron chi connectivity index (χ2n) is 6.36. The van der Waals surface area contributed by atoms with Crippen LogP contribution in [-0.4, -0.2) is 43.0 Å². The Hall–Kier alpha value is -1.84. The Labute approximate surface area is 156 Å². The normalized spacial score (nSPS) is 16.5. The molecule has 0 radical (unpaired) electrons. The number of amides is 1. The fraction of sp³-hybridized carbons (Fsp3) is 0.412. The predicted molar refractivity (Wildman–Crippen MR) is 99.1 cm³/mol. The smallest absolute Gasteiger partial charge is 0.229 e. The number of rotatable bonds is 5. The lowest BCUT2D eigenvalue weighted by Gasteiger charge is -2.29. The SMILES string of the molecule is CS(=O)(=O)N1CCC(C(=O)Nc2ncc(Cc3ccc(F)cc3)s2)CC1. The van der Waals surface area contributed by atoms with E-state index in [9.17, 15) is 17.6 Å². The zero-order valence-electron chi connectivity index (χ0n) is 14.3. The largest absolute Gasteiger partial charge is 0.302 e. The third-order valence-corrected chi connectivity index (χ3v) is 6.58. The fourth-order valence-electron chi connectivity index (χ4n) is 2.91. The number of thiazole rings is 1. The third kappa shape index (κ3) is 4.87. The van der Waals surface area contributed by atoms with Gasteiger partial charge in [0.2, 0.25) is 15.9 Å². The Balaban J connectivity index is 1.54. The zero-order chi connectivity index (χ0) is 18.7. The molecule has 9 heteroatoms. The molecule has 1 aliphatic heterocycles.